The molecule has 0 unspecified atom stereocenters. The average molecular weight is 315 g/mol. The van der Waals surface area contributed by atoms with Crippen molar-refractivity contribution in [3.05, 3.63) is 29.3 Å². The lowest BCUT2D eigenvalue weighted by atomic mass is 10.1. The monoisotopic (exact) mass is 314 g/mol. The van der Waals surface area contributed by atoms with E-state index in [1.807, 2.05) is 32.0 Å². The maximum absolute atomic E-state index is 12.1. The molecule has 0 saturated carbocycles. The molecule has 0 aromatic heterocycles. The normalized spacial score (nSPS) is 21.3. The molecule has 1 saturated heterocycles. The van der Waals surface area contributed by atoms with Crippen LogP contribution in [-0.4, -0.2) is 38.3 Å². The fraction of sp³-hybridized carbons (Fsp3) is 0.533. The fourth-order valence-corrected chi connectivity index (χ4v) is 2.30. The van der Waals surface area contributed by atoms with Crippen LogP contribution in [-0.2, 0) is 16.1 Å². The number of benzene rings is 1. The number of halogens is 1. The van der Waals surface area contributed by atoms with E-state index in [2.05, 4.69) is 10.6 Å². The topological polar surface area (TPSA) is 59.6 Å². The zero-order valence-corrected chi connectivity index (χ0v) is 13.5. The van der Waals surface area contributed by atoms with Crippen molar-refractivity contribution in [3.8, 4) is 5.75 Å². The SMILES string of the molecule is COc1cc(CNC(=O)[C@H]2NCCO[C@@H]2C)ccc1C.Cl. The Morgan fingerprint density at radius 3 is 2.95 bits per heavy atom. The third kappa shape index (κ3) is 4.59. The highest BCUT2D eigenvalue weighted by Crippen LogP contribution is 2.18. The van der Waals surface area contributed by atoms with Gasteiger partial charge in [-0.05, 0) is 31.0 Å². The minimum Gasteiger partial charge on any atom is -0.496 e. The van der Waals surface area contributed by atoms with E-state index in [1.165, 1.54) is 0 Å². The fourth-order valence-electron chi connectivity index (χ4n) is 2.30. The number of aryl methyl sites for hydroxylation is 1. The first-order valence-corrected chi connectivity index (χ1v) is 6.88. The molecule has 1 heterocycles. The molecule has 1 aliphatic rings. The number of rotatable bonds is 4. The smallest absolute Gasteiger partial charge is 0.240 e. The highest BCUT2D eigenvalue weighted by atomic mass is 35.5. The molecule has 1 aromatic rings. The number of ether oxygens (including phenoxy) is 2. The Morgan fingerprint density at radius 1 is 1.52 bits per heavy atom. The summed E-state index contributed by atoms with van der Waals surface area (Å²) in [5.74, 6) is 0.806. The van der Waals surface area contributed by atoms with E-state index in [-0.39, 0.29) is 30.5 Å². The first kappa shape index (κ1) is 17.8. The molecule has 1 fully saturated rings. The molecule has 0 radical (unpaired) electrons. The standard InChI is InChI=1S/C15H22N2O3.ClH/c1-10-4-5-12(8-13(10)19-3)9-17-15(18)14-11(2)20-7-6-16-14;/h4-5,8,11,14,16H,6-7,9H2,1-3H3,(H,17,18);1H/t11-,14+;/m1./s1. The quantitative estimate of drug-likeness (QED) is 0.882. The van der Waals surface area contributed by atoms with Crippen molar-refractivity contribution in [2.75, 3.05) is 20.3 Å². The minimum atomic E-state index is -0.281. The number of amides is 1. The lowest BCUT2D eigenvalue weighted by Gasteiger charge is -2.29. The molecule has 118 valence electrons. The summed E-state index contributed by atoms with van der Waals surface area (Å²) in [5.41, 5.74) is 2.10. The van der Waals surface area contributed by atoms with Crippen molar-refractivity contribution >= 4 is 18.3 Å². The number of nitrogens with one attached hydrogen (secondary N) is 2. The van der Waals surface area contributed by atoms with E-state index in [9.17, 15) is 4.79 Å². The third-order valence-electron chi connectivity index (χ3n) is 3.54. The molecule has 0 aliphatic carbocycles. The predicted octanol–water partition coefficient (Wildman–Crippen LogP) is 1.42. The van der Waals surface area contributed by atoms with Gasteiger partial charge < -0.3 is 20.1 Å². The van der Waals surface area contributed by atoms with Crippen LogP contribution in [0.2, 0.25) is 0 Å². The molecule has 2 N–H and O–H groups in total. The lowest BCUT2D eigenvalue weighted by molar-refractivity contribution is -0.129. The number of morpholine rings is 1. The molecule has 5 nitrogen and oxygen atoms in total. The summed E-state index contributed by atoms with van der Waals surface area (Å²) in [6, 6.07) is 5.65. The van der Waals surface area contributed by atoms with Crippen LogP contribution in [0, 0.1) is 6.92 Å². The number of carbonyl (C=O) groups excluding carboxylic acids is 1. The molecular weight excluding hydrogens is 292 g/mol. The Balaban J connectivity index is 0.00000220. The van der Waals surface area contributed by atoms with Gasteiger partial charge in [0, 0.05) is 13.1 Å². The second-order valence-electron chi connectivity index (χ2n) is 5.03. The Kier molecular flexibility index (Phi) is 6.95. The molecule has 1 aromatic carbocycles. The molecule has 0 bridgehead atoms. The Morgan fingerprint density at radius 2 is 2.29 bits per heavy atom. The zero-order chi connectivity index (χ0) is 14.5. The summed E-state index contributed by atoms with van der Waals surface area (Å²) in [6.45, 7) is 5.75. The van der Waals surface area contributed by atoms with Crippen LogP contribution in [0.1, 0.15) is 18.1 Å². The van der Waals surface area contributed by atoms with E-state index in [4.69, 9.17) is 9.47 Å². The van der Waals surface area contributed by atoms with E-state index >= 15 is 0 Å². The molecule has 2 atom stereocenters. The van der Waals surface area contributed by atoms with E-state index in [0.717, 1.165) is 16.9 Å². The second kappa shape index (κ2) is 8.22. The van der Waals surface area contributed by atoms with Gasteiger partial charge in [0.1, 0.15) is 11.8 Å². The van der Waals surface area contributed by atoms with Crippen LogP contribution in [0.15, 0.2) is 18.2 Å². The van der Waals surface area contributed by atoms with Gasteiger partial charge in [-0.15, -0.1) is 12.4 Å². The van der Waals surface area contributed by atoms with E-state index in [0.29, 0.717) is 19.7 Å². The van der Waals surface area contributed by atoms with Crippen molar-refractivity contribution in [2.45, 2.75) is 32.5 Å². The highest BCUT2D eigenvalue weighted by molar-refractivity contribution is 5.85. The summed E-state index contributed by atoms with van der Waals surface area (Å²) in [4.78, 5) is 12.1. The first-order valence-electron chi connectivity index (χ1n) is 6.88. The van der Waals surface area contributed by atoms with Gasteiger partial charge in [-0.3, -0.25) is 4.79 Å². The van der Waals surface area contributed by atoms with Crippen molar-refractivity contribution in [1.29, 1.82) is 0 Å². The van der Waals surface area contributed by atoms with Crippen LogP contribution >= 0.6 is 12.4 Å². The molecule has 2 rings (SSSR count). The summed E-state index contributed by atoms with van der Waals surface area (Å²) in [5, 5.41) is 6.11. The highest BCUT2D eigenvalue weighted by Gasteiger charge is 2.27. The molecule has 0 spiro atoms. The molecule has 1 aliphatic heterocycles. The van der Waals surface area contributed by atoms with Crippen molar-refractivity contribution in [1.82, 2.24) is 10.6 Å². The van der Waals surface area contributed by atoms with Crippen molar-refractivity contribution < 1.29 is 14.3 Å². The van der Waals surface area contributed by atoms with Gasteiger partial charge in [-0.25, -0.2) is 0 Å². The third-order valence-corrected chi connectivity index (χ3v) is 3.54. The van der Waals surface area contributed by atoms with Crippen LogP contribution in [0.3, 0.4) is 0 Å². The predicted molar refractivity (Wildman–Crippen MR) is 84.0 cm³/mol. The molecule has 1 amide bonds. The number of hydrogen-bond acceptors (Lipinski definition) is 4. The Hall–Kier alpha value is -1.30. The summed E-state index contributed by atoms with van der Waals surface area (Å²) >= 11 is 0. The molecular formula is C15H23ClN2O3. The Bertz CT molecular complexity index is 482. The zero-order valence-electron chi connectivity index (χ0n) is 12.6. The summed E-state index contributed by atoms with van der Waals surface area (Å²) < 4.78 is 10.8. The largest absolute Gasteiger partial charge is 0.496 e. The van der Waals surface area contributed by atoms with Crippen LogP contribution < -0.4 is 15.4 Å². The van der Waals surface area contributed by atoms with Gasteiger partial charge in [0.25, 0.3) is 0 Å². The van der Waals surface area contributed by atoms with Gasteiger partial charge >= 0.3 is 0 Å². The maximum Gasteiger partial charge on any atom is 0.240 e. The summed E-state index contributed by atoms with van der Waals surface area (Å²) in [6.07, 6.45) is -0.101. The second-order valence-corrected chi connectivity index (χ2v) is 5.03. The van der Waals surface area contributed by atoms with E-state index < -0.39 is 0 Å². The summed E-state index contributed by atoms with van der Waals surface area (Å²) in [7, 11) is 1.65. The number of methoxy groups -OCH3 is 1. The average Bonchev–Trinajstić information content (AvgIpc) is 2.46. The number of carbonyl (C=O) groups is 1. The lowest BCUT2D eigenvalue weighted by Crippen LogP contribution is -2.55. The van der Waals surface area contributed by atoms with Gasteiger partial charge in [-0.2, -0.15) is 0 Å². The van der Waals surface area contributed by atoms with Crippen molar-refractivity contribution in [2.24, 2.45) is 0 Å². The number of hydrogen-bond donors (Lipinski definition) is 2. The van der Waals surface area contributed by atoms with Crippen LogP contribution in [0.5, 0.6) is 5.75 Å². The minimum absolute atomic E-state index is 0. The molecule has 21 heavy (non-hydrogen) atoms. The van der Waals surface area contributed by atoms with Crippen molar-refractivity contribution in [3.63, 3.8) is 0 Å². The van der Waals surface area contributed by atoms with Crippen LogP contribution in [0.25, 0.3) is 0 Å². The van der Waals surface area contributed by atoms with E-state index in [1.54, 1.807) is 7.11 Å². The first-order chi connectivity index (χ1) is 9.61. The molecule has 6 heteroatoms. The van der Waals surface area contributed by atoms with Crippen LogP contribution in [0.4, 0.5) is 0 Å². The van der Waals surface area contributed by atoms with Gasteiger partial charge in [0.15, 0.2) is 0 Å². The van der Waals surface area contributed by atoms with Gasteiger partial charge in [0.2, 0.25) is 5.91 Å². The maximum atomic E-state index is 12.1. The van der Waals surface area contributed by atoms with Gasteiger partial charge in [0.05, 0.1) is 19.8 Å². The Labute approximate surface area is 131 Å². The van der Waals surface area contributed by atoms with Gasteiger partial charge in [-0.1, -0.05) is 12.1 Å².